The summed E-state index contributed by atoms with van der Waals surface area (Å²) < 4.78 is 0. The summed E-state index contributed by atoms with van der Waals surface area (Å²) >= 11 is 1.42. The second-order valence-electron chi connectivity index (χ2n) is 9.04. The number of amides is 4. The fourth-order valence-electron chi connectivity index (χ4n) is 3.42. The van der Waals surface area contributed by atoms with E-state index in [9.17, 15) is 24.3 Å². The number of nitrogens with two attached hydrogens (primary N) is 2. The minimum atomic E-state index is -1.14. The Hall–Kier alpha value is -2.75. The van der Waals surface area contributed by atoms with E-state index in [1.54, 1.807) is 6.92 Å². The Balaban J connectivity index is 4.56. The SMILES string of the molecule is CCN(C(N)=O)C(CCC(=O)N[C@@H](CSC/C=C(\C)CC/C=C(\C)CCC=C(C)C)C(=O)O)C(N)=O. The van der Waals surface area contributed by atoms with Crippen LogP contribution in [-0.4, -0.2) is 64.0 Å². The van der Waals surface area contributed by atoms with Gasteiger partial charge < -0.3 is 26.8 Å². The maximum absolute atomic E-state index is 12.3. The number of aliphatic carboxylic acids is 1. The lowest BCUT2D eigenvalue weighted by Gasteiger charge is -2.26. The van der Waals surface area contributed by atoms with Crippen molar-refractivity contribution >= 4 is 35.6 Å². The second kappa shape index (κ2) is 18.5. The van der Waals surface area contributed by atoms with Crippen LogP contribution < -0.4 is 16.8 Å². The van der Waals surface area contributed by atoms with Crippen LogP contribution >= 0.6 is 11.8 Å². The molecule has 204 valence electrons. The zero-order valence-corrected chi connectivity index (χ0v) is 23.2. The number of hydrogen-bond donors (Lipinski definition) is 4. The Morgan fingerprint density at radius 3 is 2.03 bits per heavy atom. The molecule has 0 heterocycles. The average Bonchev–Trinajstić information content (AvgIpc) is 2.77. The first kappa shape index (κ1) is 33.2. The summed E-state index contributed by atoms with van der Waals surface area (Å²) in [5.41, 5.74) is 14.6. The molecule has 0 radical (unpaired) electrons. The van der Waals surface area contributed by atoms with Gasteiger partial charge in [-0.25, -0.2) is 9.59 Å². The number of carbonyl (C=O) groups is 4. The minimum Gasteiger partial charge on any atom is -0.480 e. The van der Waals surface area contributed by atoms with E-state index in [0.29, 0.717) is 5.75 Å². The van der Waals surface area contributed by atoms with Crippen molar-refractivity contribution in [2.24, 2.45) is 11.5 Å². The Morgan fingerprint density at radius 1 is 0.944 bits per heavy atom. The molecule has 0 aliphatic carbocycles. The summed E-state index contributed by atoms with van der Waals surface area (Å²) in [5, 5.41) is 11.9. The fraction of sp³-hybridized carbons (Fsp3) is 0.615. The van der Waals surface area contributed by atoms with Crippen molar-refractivity contribution in [3.8, 4) is 0 Å². The molecule has 0 rings (SSSR count). The van der Waals surface area contributed by atoms with Gasteiger partial charge in [0.15, 0.2) is 0 Å². The molecular weight excluding hydrogens is 480 g/mol. The van der Waals surface area contributed by atoms with Gasteiger partial charge in [-0.05, 0) is 66.7 Å². The number of carboxylic acid groups (broad SMARTS) is 1. The molecule has 0 bridgehead atoms. The predicted octanol–water partition coefficient (Wildman–Crippen LogP) is 3.74. The molecule has 1 unspecified atom stereocenters. The first-order chi connectivity index (χ1) is 16.9. The zero-order chi connectivity index (χ0) is 27.7. The number of allylic oxidation sites excluding steroid dienone is 5. The second-order valence-corrected chi connectivity index (χ2v) is 10.1. The van der Waals surface area contributed by atoms with E-state index in [1.807, 2.05) is 0 Å². The van der Waals surface area contributed by atoms with Gasteiger partial charge in [0.2, 0.25) is 11.8 Å². The van der Waals surface area contributed by atoms with Crippen molar-refractivity contribution < 1.29 is 24.3 Å². The summed E-state index contributed by atoms with van der Waals surface area (Å²) in [6.07, 6.45) is 10.4. The van der Waals surface area contributed by atoms with Gasteiger partial charge in [0.05, 0.1) is 0 Å². The number of carbonyl (C=O) groups excluding carboxylic acids is 3. The van der Waals surface area contributed by atoms with Crippen LogP contribution in [0.3, 0.4) is 0 Å². The monoisotopic (exact) mass is 524 g/mol. The Morgan fingerprint density at radius 2 is 1.53 bits per heavy atom. The van der Waals surface area contributed by atoms with E-state index < -0.39 is 35.9 Å². The molecule has 6 N–H and O–H groups in total. The van der Waals surface area contributed by atoms with Crippen molar-refractivity contribution in [2.45, 2.75) is 85.2 Å². The fourth-order valence-corrected chi connectivity index (χ4v) is 4.42. The van der Waals surface area contributed by atoms with Gasteiger partial charge in [0, 0.05) is 24.5 Å². The molecule has 36 heavy (non-hydrogen) atoms. The molecule has 9 nitrogen and oxygen atoms in total. The van der Waals surface area contributed by atoms with Crippen LogP contribution in [0.5, 0.6) is 0 Å². The minimum absolute atomic E-state index is 0.0395. The zero-order valence-electron chi connectivity index (χ0n) is 22.3. The van der Waals surface area contributed by atoms with Crippen LogP contribution in [0.1, 0.15) is 73.1 Å². The molecule has 0 aromatic carbocycles. The highest BCUT2D eigenvalue weighted by Crippen LogP contribution is 2.13. The normalized spacial score (nSPS) is 13.5. The number of thioether (sulfide) groups is 1. The highest BCUT2D eigenvalue weighted by Gasteiger charge is 2.27. The molecule has 0 saturated carbocycles. The number of hydrogen-bond acceptors (Lipinski definition) is 5. The topological polar surface area (TPSA) is 156 Å². The molecule has 10 heteroatoms. The van der Waals surface area contributed by atoms with Crippen molar-refractivity contribution in [3.05, 3.63) is 34.9 Å². The molecule has 0 spiro atoms. The maximum Gasteiger partial charge on any atom is 0.327 e. The van der Waals surface area contributed by atoms with Crippen molar-refractivity contribution in [2.75, 3.05) is 18.1 Å². The number of carboxylic acids is 1. The Kier molecular flexibility index (Phi) is 17.1. The third-order valence-corrected chi connectivity index (χ3v) is 6.53. The molecular formula is C26H44N4O5S. The Bertz CT molecular complexity index is 834. The van der Waals surface area contributed by atoms with Crippen molar-refractivity contribution in [3.63, 3.8) is 0 Å². The molecule has 0 saturated heterocycles. The van der Waals surface area contributed by atoms with Gasteiger partial charge in [-0.1, -0.05) is 34.9 Å². The number of primary amides is 2. The van der Waals surface area contributed by atoms with Gasteiger partial charge in [-0.2, -0.15) is 11.8 Å². The molecule has 0 aromatic rings. The summed E-state index contributed by atoms with van der Waals surface area (Å²) in [7, 11) is 0. The van der Waals surface area contributed by atoms with Crippen LogP contribution in [0.2, 0.25) is 0 Å². The van der Waals surface area contributed by atoms with Crippen LogP contribution in [0.15, 0.2) is 34.9 Å². The van der Waals surface area contributed by atoms with Crippen LogP contribution in [0.25, 0.3) is 0 Å². The lowest BCUT2D eigenvalue weighted by atomic mass is 10.1. The quantitative estimate of drug-likeness (QED) is 0.158. The van der Waals surface area contributed by atoms with E-state index in [2.05, 4.69) is 51.2 Å². The number of rotatable bonds is 18. The van der Waals surface area contributed by atoms with Crippen molar-refractivity contribution in [1.82, 2.24) is 10.2 Å². The lowest BCUT2D eigenvalue weighted by molar-refractivity contribution is -0.141. The third kappa shape index (κ3) is 15.3. The Labute approximate surface area is 219 Å². The van der Waals surface area contributed by atoms with Gasteiger partial charge >= 0.3 is 12.0 Å². The first-order valence-corrected chi connectivity index (χ1v) is 13.4. The molecule has 0 aromatic heterocycles. The number of likely N-dealkylation sites (N-methyl/N-ethyl adjacent to an activating group) is 1. The van der Waals surface area contributed by atoms with E-state index in [1.165, 1.54) is 28.5 Å². The van der Waals surface area contributed by atoms with Gasteiger partial charge in [-0.15, -0.1) is 0 Å². The molecule has 2 atom stereocenters. The smallest absolute Gasteiger partial charge is 0.327 e. The van der Waals surface area contributed by atoms with Gasteiger partial charge in [-0.3, -0.25) is 9.59 Å². The number of nitrogens with one attached hydrogen (secondary N) is 1. The van der Waals surface area contributed by atoms with Crippen LogP contribution in [0, 0.1) is 0 Å². The lowest BCUT2D eigenvalue weighted by Crippen LogP contribution is -2.50. The summed E-state index contributed by atoms with van der Waals surface area (Å²) in [4.78, 5) is 48.1. The highest BCUT2D eigenvalue weighted by atomic mass is 32.2. The average molecular weight is 525 g/mol. The van der Waals surface area contributed by atoms with Gasteiger partial charge in [0.1, 0.15) is 12.1 Å². The van der Waals surface area contributed by atoms with Gasteiger partial charge in [0.25, 0.3) is 0 Å². The van der Waals surface area contributed by atoms with E-state index in [-0.39, 0.29) is 25.1 Å². The third-order valence-electron chi connectivity index (χ3n) is 5.56. The molecule has 0 fully saturated rings. The molecule has 4 amide bonds. The van der Waals surface area contributed by atoms with Crippen LogP contribution in [0.4, 0.5) is 4.79 Å². The predicted molar refractivity (Wildman–Crippen MR) is 146 cm³/mol. The van der Waals surface area contributed by atoms with E-state index >= 15 is 0 Å². The van der Waals surface area contributed by atoms with E-state index in [0.717, 1.165) is 30.6 Å². The summed E-state index contributed by atoms with van der Waals surface area (Å²) in [5.74, 6) is -1.60. The summed E-state index contributed by atoms with van der Waals surface area (Å²) in [6.45, 7) is 10.2. The maximum atomic E-state index is 12.3. The first-order valence-electron chi connectivity index (χ1n) is 12.3. The standard InChI is InChI=1S/C26H44N4O5S/c1-6-30(26(28)35)22(24(27)32)13-14-23(31)29-21(25(33)34)17-36-16-15-20(5)12-8-11-19(4)10-7-9-18(2)3/h9,11,15,21-22H,6-8,10,12-14,16-17H2,1-5H3,(H2,27,32)(H2,28,35)(H,29,31)(H,33,34)/b19-11+,20-15+/t21-,22?/m0/s1. The highest BCUT2D eigenvalue weighted by molar-refractivity contribution is 7.99. The summed E-state index contributed by atoms with van der Waals surface area (Å²) in [6, 6.07) is -2.90. The van der Waals surface area contributed by atoms with E-state index in [4.69, 9.17) is 11.5 Å². The number of urea groups is 1. The van der Waals surface area contributed by atoms with Crippen molar-refractivity contribution in [1.29, 1.82) is 0 Å². The molecule has 0 aliphatic rings. The number of nitrogens with zero attached hydrogens (tertiary/aromatic N) is 1. The molecule has 0 aliphatic heterocycles. The van der Waals surface area contributed by atoms with Crippen LogP contribution in [-0.2, 0) is 14.4 Å². The largest absolute Gasteiger partial charge is 0.480 e.